The van der Waals surface area contributed by atoms with E-state index in [1.54, 1.807) is 4.90 Å². The van der Waals surface area contributed by atoms with Crippen molar-refractivity contribution < 1.29 is 17.6 Å². The van der Waals surface area contributed by atoms with Gasteiger partial charge in [-0.3, -0.25) is 4.79 Å². The van der Waals surface area contributed by atoms with Gasteiger partial charge in [-0.15, -0.1) is 0 Å². The number of amides is 1. The first-order chi connectivity index (χ1) is 9.71. The summed E-state index contributed by atoms with van der Waals surface area (Å²) in [6.45, 7) is 3.87. The number of aryl methyl sites for hydroxylation is 1. The number of halogens is 2. The summed E-state index contributed by atoms with van der Waals surface area (Å²) in [5.74, 6) is -1.17. The van der Waals surface area contributed by atoms with Crippen LogP contribution < -0.4 is 0 Å². The van der Waals surface area contributed by atoms with Crippen LogP contribution in [0.2, 0.25) is 0 Å². The van der Waals surface area contributed by atoms with Gasteiger partial charge in [0.05, 0.1) is 10.5 Å². The van der Waals surface area contributed by atoms with Gasteiger partial charge in [-0.1, -0.05) is 0 Å². The van der Waals surface area contributed by atoms with Crippen molar-refractivity contribution in [3.8, 4) is 0 Å². The van der Waals surface area contributed by atoms with Crippen LogP contribution in [0.1, 0.15) is 42.1 Å². The quantitative estimate of drug-likeness (QED) is 0.781. The highest BCUT2D eigenvalue weighted by Crippen LogP contribution is 2.25. The second kappa shape index (κ2) is 5.93. The molecule has 1 amide bonds. The van der Waals surface area contributed by atoms with Gasteiger partial charge >= 0.3 is 0 Å². The van der Waals surface area contributed by atoms with E-state index in [0.717, 1.165) is 31.4 Å². The molecule has 0 radical (unpaired) electrons. The van der Waals surface area contributed by atoms with E-state index in [4.69, 9.17) is 10.7 Å². The summed E-state index contributed by atoms with van der Waals surface area (Å²) in [6.07, 6.45) is 2.76. The van der Waals surface area contributed by atoms with E-state index in [-0.39, 0.29) is 22.1 Å². The van der Waals surface area contributed by atoms with E-state index in [0.29, 0.717) is 6.54 Å². The number of carbonyl (C=O) groups is 1. The number of piperidine rings is 1. The molecule has 0 aromatic heterocycles. The minimum absolute atomic E-state index is 0.0159. The highest BCUT2D eigenvalue weighted by molar-refractivity contribution is 8.13. The molecule has 1 heterocycles. The lowest BCUT2D eigenvalue weighted by atomic mass is 10.0. The van der Waals surface area contributed by atoms with Crippen LogP contribution >= 0.6 is 10.7 Å². The number of hydrogen-bond donors (Lipinski definition) is 0. The standard InChI is InChI=1S/C14H17ClFNO3S/c1-9-7-11(21(15,19)20)8-12(13(9)16)14(18)17-6-4-3-5-10(17)2/h7-8,10H,3-6H2,1-2H3. The molecular formula is C14H17ClFNO3S. The van der Waals surface area contributed by atoms with Gasteiger partial charge in [-0.25, -0.2) is 12.8 Å². The summed E-state index contributed by atoms with van der Waals surface area (Å²) >= 11 is 0. The summed E-state index contributed by atoms with van der Waals surface area (Å²) in [4.78, 5) is 13.8. The predicted molar refractivity (Wildman–Crippen MR) is 78.5 cm³/mol. The van der Waals surface area contributed by atoms with Crippen molar-refractivity contribution in [1.82, 2.24) is 4.90 Å². The molecule has 1 fully saturated rings. The number of carbonyl (C=O) groups excluding carboxylic acids is 1. The molecule has 1 atom stereocenters. The number of rotatable bonds is 2. The van der Waals surface area contributed by atoms with E-state index in [1.165, 1.54) is 6.92 Å². The summed E-state index contributed by atoms with van der Waals surface area (Å²) in [7, 11) is 1.29. The second-order valence-corrected chi connectivity index (χ2v) is 7.95. The third-order valence-corrected chi connectivity index (χ3v) is 5.14. The fourth-order valence-corrected chi connectivity index (χ4v) is 3.43. The van der Waals surface area contributed by atoms with Gasteiger partial charge in [0.1, 0.15) is 5.82 Å². The Balaban J connectivity index is 2.47. The molecule has 1 unspecified atom stereocenters. The van der Waals surface area contributed by atoms with Crippen molar-refractivity contribution in [2.45, 2.75) is 44.0 Å². The van der Waals surface area contributed by atoms with E-state index in [2.05, 4.69) is 0 Å². The third-order valence-electron chi connectivity index (χ3n) is 3.80. The van der Waals surface area contributed by atoms with Gasteiger partial charge in [0.15, 0.2) is 0 Å². The first kappa shape index (κ1) is 16.2. The molecule has 116 valence electrons. The van der Waals surface area contributed by atoms with Crippen LogP contribution in [0.3, 0.4) is 0 Å². The van der Waals surface area contributed by atoms with Gasteiger partial charge in [-0.2, -0.15) is 0 Å². The molecule has 1 saturated heterocycles. The van der Waals surface area contributed by atoms with E-state index in [9.17, 15) is 17.6 Å². The topological polar surface area (TPSA) is 54.5 Å². The minimum Gasteiger partial charge on any atom is -0.336 e. The van der Waals surface area contributed by atoms with Crippen LogP contribution in [-0.2, 0) is 9.05 Å². The van der Waals surface area contributed by atoms with Crippen molar-refractivity contribution in [2.75, 3.05) is 6.54 Å². The zero-order chi connectivity index (χ0) is 15.8. The number of likely N-dealkylation sites (tertiary alicyclic amines) is 1. The van der Waals surface area contributed by atoms with Gasteiger partial charge in [-0.05, 0) is 50.8 Å². The van der Waals surface area contributed by atoms with Crippen LogP contribution in [0.15, 0.2) is 17.0 Å². The van der Waals surface area contributed by atoms with E-state index < -0.39 is 20.8 Å². The minimum atomic E-state index is -4.01. The molecule has 0 saturated carbocycles. The summed E-state index contributed by atoms with van der Waals surface area (Å²) in [5, 5.41) is 0. The summed E-state index contributed by atoms with van der Waals surface area (Å²) in [6, 6.07) is 2.17. The fraction of sp³-hybridized carbons (Fsp3) is 0.500. The maximum atomic E-state index is 14.2. The van der Waals surface area contributed by atoms with Crippen LogP contribution in [0.4, 0.5) is 4.39 Å². The Labute approximate surface area is 128 Å². The van der Waals surface area contributed by atoms with Gasteiger partial charge < -0.3 is 4.90 Å². The van der Waals surface area contributed by atoms with E-state index >= 15 is 0 Å². The molecule has 21 heavy (non-hydrogen) atoms. The number of nitrogens with zero attached hydrogens (tertiary/aromatic N) is 1. The molecule has 1 aliphatic heterocycles. The highest BCUT2D eigenvalue weighted by atomic mass is 35.7. The zero-order valence-corrected chi connectivity index (χ0v) is 13.5. The van der Waals surface area contributed by atoms with Crippen molar-refractivity contribution >= 4 is 25.6 Å². The third kappa shape index (κ3) is 3.37. The molecule has 1 aromatic rings. The Morgan fingerprint density at radius 3 is 2.62 bits per heavy atom. The summed E-state index contributed by atoms with van der Waals surface area (Å²) in [5.41, 5.74) is -0.146. The lowest BCUT2D eigenvalue weighted by molar-refractivity contribution is 0.0630. The second-order valence-electron chi connectivity index (χ2n) is 5.38. The average molecular weight is 334 g/mol. The monoisotopic (exact) mass is 333 g/mol. The Morgan fingerprint density at radius 1 is 1.38 bits per heavy atom. The van der Waals surface area contributed by atoms with Crippen LogP contribution in [-0.4, -0.2) is 31.8 Å². The molecule has 0 aliphatic carbocycles. The van der Waals surface area contributed by atoms with Crippen molar-refractivity contribution in [1.29, 1.82) is 0 Å². The molecule has 0 bridgehead atoms. The first-order valence-corrected chi connectivity index (χ1v) is 9.08. The smallest absolute Gasteiger partial charge is 0.261 e. The maximum absolute atomic E-state index is 14.2. The Hall–Kier alpha value is -1.14. The maximum Gasteiger partial charge on any atom is 0.261 e. The zero-order valence-electron chi connectivity index (χ0n) is 11.9. The van der Waals surface area contributed by atoms with Crippen molar-refractivity contribution in [2.24, 2.45) is 0 Å². The van der Waals surface area contributed by atoms with Gasteiger partial charge in [0.25, 0.3) is 15.0 Å². The van der Waals surface area contributed by atoms with Gasteiger partial charge in [0.2, 0.25) is 0 Å². The molecule has 7 heteroatoms. The largest absolute Gasteiger partial charge is 0.336 e. The fourth-order valence-electron chi connectivity index (χ4n) is 2.59. The van der Waals surface area contributed by atoms with Crippen molar-refractivity contribution in [3.05, 3.63) is 29.1 Å². The molecule has 1 aromatic carbocycles. The molecule has 0 spiro atoms. The van der Waals surface area contributed by atoms with Crippen molar-refractivity contribution in [3.63, 3.8) is 0 Å². The number of benzene rings is 1. The Bertz CT molecular complexity index is 675. The average Bonchev–Trinajstić information content (AvgIpc) is 2.40. The van der Waals surface area contributed by atoms with Crippen LogP contribution in [0, 0.1) is 12.7 Å². The normalized spacial score (nSPS) is 19.6. The van der Waals surface area contributed by atoms with Crippen LogP contribution in [0.25, 0.3) is 0 Å². The van der Waals surface area contributed by atoms with Crippen LogP contribution in [0.5, 0.6) is 0 Å². The SMILES string of the molecule is Cc1cc(S(=O)(=O)Cl)cc(C(=O)N2CCCCC2C)c1F. The Morgan fingerprint density at radius 2 is 2.05 bits per heavy atom. The Kier molecular flexibility index (Phi) is 4.58. The molecule has 4 nitrogen and oxygen atoms in total. The predicted octanol–water partition coefficient (Wildman–Crippen LogP) is 3.08. The summed E-state index contributed by atoms with van der Waals surface area (Å²) < 4.78 is 37.1. The lowest BCUT2D eigenvalue weighted by Gasteiger charge is -2.33. The molecule has 0 N–H and O–H groups in total. The molecule has 2 rings (SSSR count). The van der Waals surface area contributed by atoms with Gasteiger partial charge in [0, 0.05) is 23.3 Å². The highest BCUT2D eigenvalue weighted by Gasteiger charge is 2.28. The van der Waals surface area contributed by atoms with E-state index in [1.807, 2.05) is 6.92 Å². The molecular weight excluding hydrogens is 317 g/mol. The first-order valence-electron chi connectivity index (χ1n) is 6.77. The molecule has 1 aliphatic rings. The lowest BCUT2D eigenvalue weighted by Crippen LogP contribution is -2.42. The number of hydrogen-bond acceptors (Lipinski definition) is 3.